The van der Waals surface area contributed by atoms with Gasteiger partial charge in [0.1, 0.15) is 0 Å². The van der Waals surface area contributed by atoms with Crippen molar-refractivity contribution in [3.8, 4) is 0 Å². The first-order valence-electron chi connectivity index (χ1n) is 9.54. The van der Waals surface area contributed by atoms with Gasteiger partial charge < -0.3 is 15.7 Å². The van der Waals surface area contributed by atoms with Gasteiger partial charge in [-0.1, -0.05) is 44.5 Å². The lowest BCUT2D eigenvalue weighted by atomic mass is 10.0. The summed E-state index contributed by atoms with van der Waals surface area (Å²) >= 11 is 0. The minimum Gasteiger partial charge on any atom is -0.396 e. The SMILES string of the molecule is CC(C)C(CCO)NC(=O)NCc1ccc(CN2CCCCC2)cc1. The van der Waals surface area contributed by atoms with Gasteiger partial charge in [-0.05, 0) is 49.4 Å². The third kappa shape index (κ3) is 7.04. The van der Waals surface area contributed by atoms with Crippen molar-refractivity contribution < 1.29 is 9.90 Å². The molecular formula is C20H33N3O2. The molecule has 1 aromatic carbocycles. The summed E-state index contributed by atoms with van der Waals surface area (Å²) in [6.45, 7) is 8.11. The summed E-state index contributed by atoms with van der Waals surface area (Å²) in [4.78, 5) is 14.5. The van der Waals surface area contributed by atoms with E-state index in [4.69, 9.17) is 5.11 Å². The molecule has 3 N–H and O–H groups in total. The van der Waals surface area contributed by atoms with E-state index in [1.807, 2.05) is 13.8 Å². The lowest BCUT2D eigenvalue weighted by Crippen LogP contribution is -2.44. The van der Waals surface area contributed by atoms with Gasteiger partial charge in [0.05, 0.1) is 0 Å². The fraction of sp³-hybridized carbons (Fsp3) is 0.650. The molecule has 140 valence electrons. The molecule has 1 atom stereocenters. The molecule has 2 rings (SSSR count). The average Bonchev–Trinajstić information content (AvgIpc) is 2.61. The van der Waals surface area contributed by atoms with E-state index in [1.165, 1.54) is 37.9 Å². The number of hydrogen-bond acceptors (Lipinski definition) is 3. The maximum Gasteiger partial charge on any atom is 0.315 e. The molecule has 0 aliphatic carbocycles. The molecule has 1 heterocycles. The molecule has 1 unspecified atom stereocenters. The van der Waals surface area contributed by atoms with Gasteiger partial charge in [0.15, 0.2) is 0 Å². The van der Waals surface area contributed by atoms with Crippen molar-refractivity contribution in [2.75, 3.05) is 19.7 Å². The number of nitrogens with one attached hydrogen (secondary N) is 2. The summed E-state index contributed by atoms with van der Waals surface area (Å²) in [7, 11) is 0. The Hall–Kier alpha value is -1.59. The predicted octanol–water partition coefficient (Wildman–Crippen LogP) is 2.88. The third-order valence-corrected chi connectivity index (χ3v) is 4.89. The first-order chi connectivity index (χ1) is 12.1. The molecule has 1 fully saturated rings. The lowest BCUT2D eigenvalue weighted by molar-refractivity contribution is 0.218. The number of rotatable bonds is 8. The van der Waals surface area contributed by atoms with Gasteiger partial charge >= 0.3 is 6.03 Å². The minimum absolute atomic E-state index is 0.00285. The average molecular weight is 348 g/mol. The van der Waals surface area contributed by atoms with E-state index in [9.17, 15) is 4.79 Å². The van der Waals surface area contributed by atoms with Gasteiger partial charge in [0.25, 0.3) is 0 Å². The van der Waals surface area contributed by atoms with Gasteiger partial charge in [-0.25, -0.2) is 4.79 Å². The van der Waals surface area contributed by atoms with E-state index in [2.05, 4.69) is 39.8 Å². The van der Waals surface area contributed by atoms with Crippen molar-refractivity contribution in [3.63, 3.8) is 0 Å². The maximum atomic E-state index is 12.0. The summed E-state index contributed by atoms with van der Waals surface area (Å²) < 4.78 is 0. The number of benzene rings is 1. The summed E-state index contributed by atoms with van der Waals surface area (Å²) in [5.74, 6) is 0.298. The van der Waals surface area contributed by atoms with E-state index < -0.39 is 0 Å². The number of hydrogen-bond donors (Lipinski definition) is 3. The molecule has 0 bridgehead atoms. The highest BCUT2D eigenvalue weighted by atomic mass is 16.3. The van der Waals surface area contributed by atoms with E-state index in [0.717, 1.165) is 12.1 Å². The van der Waals surface area contributed by atoms with Crippen LogP contribution in [0, 0.1) is 5.92 Å². The fourth-order valence-corrected chi connectivity index (χ4v) is 3.25. The van der Waals surface area contributed by atoms with Crippen LogP contribution in [-0.4, -0.2) is 41.8 Å². The number of likely N-dealkylation sites (tertiary alicyclic amines) is 1. The zero-order valence-corrected chi connectivity index (χ0v) is 15.6. The Labute approximate surface area is 151 Å². The van der Waals surface area contributed by atoms with Gasteiger partial charge in [-0.2, -0.15) is 0 Å². The molecule has 0 radical (unpaired) electrons. The lowest BCUT2D eigenvalue weighted by Gasteiger charge is -2.26. The van der Waals surface area contributed by atoms with E-state index in [-0.39, 0.29) is 18.7 Å². The van der Waals surface area contributed by atoms with E-state index in [1.54, 1.807) is 0 Å². The topological polar surface area (TPSA) is 64.6 Å². The number of carbonyl (C=O) groups is 1. The zero-order valence-electron chi connectivity index (χ0n) is 15.6. The largest absolute Gasteiger partial charge is 0.396 e. The van der Waals surface area contributed by atoms with Gasteiger partial charge in [-0.3, -0.25) is 4.90 Å². The quantitative estimate of drug-likeness (QED) is 0.677. The van der Waals surface area contributed by atoms with Crippen LogP contribution in [-0.2, 0) is 13.1 Å². The number of carbonyl (C=O) groups excluding carboxylic acids is 1. The standard InChI is InChI=1S/C20H33N3O2/c1-16(2)19(10-13-24)22-20(25)21-14-17-6-8-18(9-7-17)15-23-11-4-3-5-12-23/h6-9,16,19,24H,3-5,10-15H2,1-2H3,(H2,21,22,25). The summed E-state index contributed by atoms with van der Waals surface area (Å²) in [5.41, 5.74) is 2.43. The Kier molecular flexibility index (Phi) is 8.22. The molecule has 0 aromatic heterocycles. The molecular weight excluding hydrogens is 314 g/mol. The van der Waals surface area contributed by atoms with Crippen LogP contribution >= 0.6 is 0 Å². The Morgan fingerprint density at radius 3 is 2.36 bits per heavy atom. The van der Waals surface area contributed by atoms with Crippen LogP contribution in [0.25, 0.3) is 0 Å². The van der Waals surface area contributed by atoms with Crippen LogP contribution < -0.4 is 10.6 Å². The number of aliphatic hydroxyl groups excluding tert-OH is 1. The summed E-state index contributed by atoms with van der Waals surface area (Å²) in [6, 6.07) is 8.32. The molecule has 1 saturated heterocycles. The number of urea groups is 1. The van der Waals surface area contributed by atoms with Crippen molar-refractivity contribution in [1.29, 1.82) is 0 Å². The molecule has 0 spiro atoms. The second-order valence-corrected chi connectivity index (χ2v) is 7.34. The summed E-state index contributed by atoms with van der Waals surface area (Å²) in [6.07, 6.45) is 4.56. The summed E-state index contributed by atoms with van der Waals surface area (Å²) in [5, 5.41) is 14.9. The zero-order chi connectivity index (χ0) is 18.1. The molecule has 5 nitrogen and oxygen atoms in total. The van der Waals surface area contributed by atoms with Crippen LogP contribution in [0.5, 0.6) is 0 Å². The predicted molar refractivity (Wildman–Crippen MR) is 101 cm³/mol. The normalized spacial score (nSPS) is 16.6. The highest BCUT2D eigenvalue weighted by Crippen LogP contribution is 2.13. The van der Waals surface area contributed by atoms with Crippen molar-refractivity contribution >= 4 is 6.03 Å². The highest BCUT2D eigenvalue weighted by molar-refractivity contribution is 5.74. The number of amides is 2. The Morgan fingerprint density at radius 2 is 1.76 bits per heavy atom. The third-order valence-electron chi connectivity index (χ3n) is 4.89. The highest BCUT2D eigenvalue weighted by Gasteiger charge is 2.15. The molecule has 1 aliphatic rings. The Bertz CT molecular complexity index is 510. The van der Waals surface area contributed by atoms with Gasteiger partial charge in [-0.15, -0.1) is 0 Å². The molecule has 1 aromatic rings. The van der Waals surface area contributed by atoms with Crippen molar-refractivity contribution in [2.45, 2.75) is 58.7 Å². The molecule has 1 aliphatic heterocycles. The number of aliphatic hydroxyl groups is 1. The molecule has 5 heteroatoms. The first kappa shape index (κ1) is 19.7. The van der Waals surface area contributed by atoms with Crippen LogP contribution in [0.1, 0.15) is 50.7 Å². The van der Waals surface area contributed by atoms with E-state index >= 15 is 0 Å². The Morgan fingerprint density at radius 1 is 1.12 bits per heavy atom. The Balaban J connectivity index is 1.75. The smallest absolute Gasteiger partial charge is 0.315 e. The second kappa shape index (κ2) is 10.4. The number of nitrogens with zero attached hydrogens (tertiary/aromatic N) is 1. The van der Waals surface area contributed by atoms with Crippen LogP contribution in [0.2, 0.25) is 0 Å². The van der Waals surface area contributed by atoms with Crippen LogP contribution in [0.15, 0.2) is 24.3 Å². The fourth-order valence-electron chi connectivity index (χ4n) is 3.25. The van der Waals surface area contributed by atoms with Crippen molar-refractivity contribution in [1.82, 2.24) is 15.5 Å². The van der Waals surface area contributed by atoms with Crippen molar-refractivity contribution in [3.05, 3.63) is 35.4 Å². The first-order valence-corrected chi connectivity index (χ1v) is 9.54. The minimum atomic E-state index is -0.176. The van der Waals surface area contributed by atoms with Crippen LogP contribution in [0.3, 0.4) is 0 Å². The van der Waals surface area contributed by atoms with Crippen molar-refractivity contribution in [2.24, 2.45) is 5.92 Å². The monoisotopic (exact) mass is 347 g/mol. The molecule has 2 amide bonds. The maximum absolute atomic E-state index is 12.0. The molecule has 25 heavy (non-hydrogen) atoms. The van der Waals surface area contributed by atoms with Crippen LogP contribution in [0.4, 0.5) is 4.79 Å². The van der Waals surface area contributed by atoms with E-state index in [0.29, 0.717) is 18.9 Å². The second-order valence-electron chi connectivity index (χ2n) is 7.34. The van der Waals surface area contributed by atoms with Gasteiger partial charge in [0.2, 0.25) is 0 Å². The van der Waals surface area contributed by atoms with Gasteiger partial charge in [0, 0.05) is 25.7 Å². The molecule has 0 saturated carbocycles. The number of piperidine rings is 1.